The lowest BCUT2D eigenvalue weighted by molar-refractivity contribution is 1.18. The summed E-state index contributed by atoms with van der Waals surface area (Å²) in [6.45, 7) is 0. The molecule has 0 radical (unpaired) electrons. The lowest BCUT2D eigenvalue weighted by atomic mass is 9.92. The van der Waals surface area contributed by atoms with E-state index < -0.39 is 0 Å². The van der Waals surface area contributed by atoms with E-state index in [1.165, 1.54) is 32.7 Å². The van der Waals surface area contributed by atoms with E-state index in [4.69, 9.17) is 9.97 Å². The molecule has 3 nitrogen and oxygen atoms in total. The van der Waals surface area contributed by atoms with Crippen molar-refractivity contribution in [1.29, 1.82) is 0 Å². The Morgan fingerprint density at radius 2 is 0.900 bits per heavy atom. The van der Waals surface area contributed by atoms with Crippen molar-refractivity contribution in [2.45, 2.75) is 0 Å². The molecule has 7 aromatic carbocycles. The van der Waals surface area contributed by atoms with Crippen LogP contribution in [-0.4, -0.2) is 15.0 Å². The van der Waals surface area contributed by atoms with Gasteiger partial charge in [0.25, 0.3) is 0 Å². The number of rotatable bonds is 6. The number of aromatic nitrogens is 3. The maximum Gasteiger partial charge on any atom is 0.160 e. The zero-order valence-electron chi connectivity index (χ0n) is 27.2. The third-order valence-electron chi connectivity index (χ3n) is 9.37. The molecule has 0 saturated heterocycles. The summed E-state index contributed by atoms with van der Waals surface area (Å²) >= 11 is 0. The first-order chi connectivity index (χ1) is 24.8. The number of pyridine rings is 1. The summed E-state index contributed by atoms with van der Waals surface area (Å²) in [5.74, 6) is 0.686. The van der Waals surface area contributed by atoms with Crippen LogP contribution in [0.5, 0.6) is 0 Å². The van der Waals surface area contributed by atoms with E-state index in [9.17, 15) is 0 Å². The van der Waals surface area contributed by atoms with E-state index in [0.29, 0.717) is 5.82 Å². The Hall–Kier alpha value is -6.71. The minimum atomic E-state index is 0.686. The first-order valence-corrected chi connectivity index (χ1v) is 16.8. The molecule has 9 rings (SSSR count). The third kappa shape index (κ3) is 5.61. The van der Waals surface area contributed by atoms with Crippen molar-refractivity contribution in [3.63, 3.8) is 0 Å². The normalized spacial score (nSPS) is 11.2. The van der Waals surface area contributed by atoms with Gasteiger partial charge in [0.1, 0.15) is 0 Å². The second-order valence-corrected chi connectivity index (χ2v) is 12.5. The second-order valence-electron chi connectivity index (χ2n) is 12.5. The van der Waals surface area contributed by atoms with Crippen LogP contribution in [0.3, 0.4) is 0 Å². The molecule has 0 unspecified atom stereocenters. The van der Waals surface area contributed by atoms with Gasteiger partial charge >= 0.3 is 0 Å². The predicted octanol–water partition coefficient (Wildman–Crippen LogP) is 12.2. The SMILES string of the molecule is c1ccc(-c2cccc(-c3cc(-c4ccc(-c5cccnc5)cc4)nc(-c4cccc(-c5cc6ccccc6c6ccccc56)c4)n3)c2)cc1. The Labute approximate surface area is 291 Å². The van der Waals surface area contributed by atoms with Gasteiger partial charge in [-0.25, -0.2) is 9.97 Å². The van der Waals surface area contributed by atoms with E-state index >= 15 is 0 Å². The van der Waals surface area contributed by atoms with E-state index in [-0.39, 0.29) is 0 Å². The Morgan fingerprint density at radius 1 is 0.320 bits per heavy atom. The van der Waals surface area contributed by atoms with Gasteiger partial charge < -0.3 is 0 Å². The van der Waals surface area contributed by atoms with Crippen LogP contribution >= 0.6 is 0 Å². The number of hydrogen-bond acceptors (Lipinski definition) is 3. The van der Waals surface area contributed by atoms with Gasteiger partial charge in [0.2, 0.25) is 0 Å². The van der Waals surface area contributed by atoms with Crippen molar-refractivity contribution in [2.75, 3.05) is 0 Å². The molecular formula is C47H31N3. The first kappa shape index (κ1) is 29.4. The molecule has 0 saturated carbocycles. The molecule has 50 heavy (non-hydrogen) atoms. The summed E-state index contributed by atoms with van der Waals surface area (Å²) in [4.78, 5) is 14.7. The van der Waals surface area contributed by atoms with Crippen LogP contribution in [0.2, 0.25) is 0 Å². The fourth-order valence-electron chi connectivity index (χ4n) is 6.85. The minimum Gasteiger partial charge on any atom is -0.264 e. The van der Waals surface area contributed by atoms with Crippen molar-refractivity contribution in [3.05, 3.63) is 188 Å². The standard InChI is InChI=1S/C47H31N3/c1-2-11-32(12-3-1)35-14-8-16-38(27-35)46-30-45(34-24-22-33(23-25-34)40-18-10-26-48-31-40)49-47(50-46)39-17-9-15-36(28-39)44-29-37-13-4-5-19-41(37)42-20-6-7-21-43(42)44/h1-31H. The fourth-order valence-corrected chi connectivity index (χ4v) is 6.85. The Morgan fingerprint density at radius 3 is 1.70 bits per heavy atom. The van der Waals surface area contributed by atoms with E-state index in [1.807, 2.05) is 18.3 Å². The van der Waals surface area contributed by atoms with Gasteiger partial charge in [0, 0.05) is 29.1 Å². The highest BCUT2D eigenvalue weighted by Crippen LogP contribution is 2.37. The maximum absolute atomic E-state index is 5.23. The van der Waals surface area contributed by atoms with Gasteiger partial charge in [0.05, 0.1) is 11.4 Å². The van der Waals surface area contributed by atoms with Crippen LogP contribution in [0.25, 0.3) is 88.8 Å². The first-order valence-electron chi connectivity index (χ1n) is 16.8. The summed E-state index contributed by atoms with van der Waals surface area (Å²) in [7, 11) is 0. The second kappa shape index (κ2) is 12.7. The van der Waals surface area contributed by atoms with E-state index in [1.54, 1.807) is 6.20 Å². The quantitative estimate of drug-likeness (QED) is 0.170. The molecule has 0 spiro atoms. The van der Waals surface area contributed by atoms with Crippen molar-refractivity contribution < 1.29 is 0 Å². The molecule has 234 valence electrons. The third-order valence-corrected chi connectivity index (χ3v) is 9.37. The average Bonchev–Trinajstić information content (AvgIpc) is 3.21. The molecule has 0 bridgehead atoms. The highest BCUT2D eigenvalue weighted by atomic mass is 14.9. The topological polar surface area (TPSA) is 38.7 Å². The van der Waals surface area contributed by atoms with Crippen LogP contribution in [0.4, 0.5) is 0 Å². The Balaban J connectivity index is 1.19. The molecule has 0 aliphatic rings. The van der Waals surface area contributed by atoms with Gasteiger partial charge in [-0.3, -0.25) is 4.98 Å². The number of nitrogens with zero attached hydrogens (tertiary/aromatic N) is 3. The van der Waals surface area contributed by atoms with Crippen LogP contribution in [0, 0.1) is 0 Å². The summed E-state index contributed by atoms with van der Waals surface area (Å²) in [5, 5.41) is 4.96. The van der Waals surface area contributed by atoms with E-state index in [0.717, 1.165) is 50.3 Å². The fraction of sp³-hybridized carbons (Fsp3) is 0. The average molecular weight is 638 g/mol. The monoisotopic (exact) mass is 637 g/mol. The largest absolute Gasteiger partial charge is 0.264 e. The predicted molar refractivity (Wildman–Crippen MR) is 207 cm³/mol. The zero-order valence-corrected chi connectivity index (χ0v) is 27.2. The van der Waals surface area contributed by atoms with Gasteiger partial charge in [-0.15, -0.1) is 0 Å². The lowest BCUT2D eigenvalue weighted by Gasteiger charge is -2.13. The van der Waals surface area contributed by atoms with Gasteiger partial charge in [-0.2, -0.15) is 0 Å². The smallest absolute Gasteiger partial charge is 0.160 e. The van der Waals surface area contributed by atoms with Crippen LogP contribution < -0.4 is 0 Å². The van der Waals surface area contributed by atoms with Gasteiger partial charge in [-0.05, 0) is 85.3 Å². The van der Waals surface area contributed by atoms with Gasteiger partial charge in [-0.1, -0.05) is 146 Å². The van der Waals surface area contributed by atoms with Crippen molar-refractivity contribution >= 4 is 21.5 Å². The molecular weight excluding hydrogens is 607 g/mol. The highest BCUT2D eigenvalue weighted by molar-refractivity contribution is 6.13. The number of benzene rings is 7. The molecule has 0 amide bonds. The molecule has 2 heterocycles. The molecule has 0 aliphatic heterocycles. The van der Waals surface area contributed by atoms with Crippen molar-refractivity contribution in [1.82, 2.24) is 15.0 Å². The Kier molecular flexibility index (Phi) is 7.49. The van der Waals surface area contributed by atoms with E-state index in [2.05, 4.69) is 169 Å². The molecule has 3 heteroatoms. The number of hydrogen-bond donors (Lipinski definition) is 0. The van der Waals surface area contributed by atoms with Crippen LogP contribution in [0.1, 0.15) is 0 Å². The molecule has 2 aromatic heterocycles. The molecule has 0 aliphatic carbocycles. The zero-order chi connectivity index (χ0) is 33.3. The van der Waals surface area contributed by atoms with Crippen LogP contribution in [0.15, 0.2) is 188 Å². The van der Waals surface area contributed by atoms with Crippen molar-refractivity contribution in [3.8, 4) is 67.3 Å². The number of fused-ring (bicyclic) bond motifs is 3. The maximum atomic E-state index is 5.23. The summed E-state index contributed by atoms with van der Waals surface area (Å²) in [6, 6.07) is 62.0. The molecule has 0 atom stereocenters. The highest BCUT2D eigenvalue weighted by Gasteiger charge is 2.14. The van der Waals surface area contributed by atoms with Crippen molar-refractivity contribution in [2.24, 2.45) is 0 Å². The minimum absolute atomic E-state index is 0.686. The molecule has 0 fully saturated rings. The summed E-state index contributed by atoms with van der Waals surface area (Å²) in [5.41, 5.74) is 11.6. The Bertz CT molecular complexity index is 2630. The van der Waals surface area contributed by atoms with Crippen LogP contribution in [-0.2, 0) is 0 Å². The lowest BCUT2D eigenvalue weighted by Crippen LogP contribution is -1.96. The summed E-state index contributed by atoms with van der Waals surface area (Å²) < 4.78 is 0. The molecule has 9 aromatic rings. The summed E-state index contributed by atoms with van der Waals surface area (Å²) in [6.07, 6.45) is 3.69. The molecule has 0 N–H and O–H groups in total. The van der Waals surface area contributed by atoms with Gasteiger partial charge in [0.15, 0.2) is 5.82 Å².